The first-order valence-corrected chi connectivity index (χ1v) is 8.29. The lowest BCUT2D eigenvalue weighted by Crippen LogP contribution is -2.11. The molecule has 0 radical (unpaired) electrons. The molecule has 0 spiro atoms. The molecule has 0 saturated heterocycles. The lowest BCUT2D eigenvalue weighted by atomic mass is 10.1. The zero-order valence-electron chi connectivity index (χ0n) is 10.5. The van der Waals surface area contributed by atoms with E-state index in [1.807, 2.05) is 19.1 Å². The zero-order valence-corrected chi connectivity index (χ0v) is 14.4. The summed E-state index contributed by atoms with van der Waals surface area (Å²) in [5.41, 5.74) is 9.78. The van der Waals surface area contributed by atoms with Crippen molar-refractivity contribution >= 4 is 54.2 Å². The van der Waals surface area contributed by atoms with Gasteiger partial charge in [-0.1, -0.05) is 15.9 Å². The number of thiophene rings is 1. The van der Waals surface area contributed by atoms with E-state index >= 15 is 0 Å². The van der Waals surface area contributed by atoms with E-state index in [-0.39, 0.29) is 11.7 Å². The van der Waals surface area contributed by atoms with Gasteiger partial charge in [-0.15, -0.1) is 11.3 Å². The van der Waals surface area contributed by atoms with Gasteiger partial charge in [0.2, 0.25) is 0 Å². The quantitative estimate of drug-likeness (QED) is 0.594. The van der Waals surface area contributed by atoms with Crippen LogP contribution in [-0.2, 0) is 0 Å². The third-order valence-corrected chi connectivity index (χ3v) is 6.06. The van der Waals surface area contributed by atoms with E-state index in [1.54, 1.807) is 11.3 Å². The van der Waals surface area contributed by atoms with Crippen LogP contribution in [0.25, 0.3) is 11.0 Å². The van der Waals surface area contributed by atoms with Crippen LogP contribution in [-0.4, -0.2) is 9.97 Å². The van der Waals surface area contributed by atoms with Crippen LogP contribution in [0, 0.1) is 6.92 Å². The largest absolute Gasteiger partial charge is 0.323 e. The van der Waals surface area contributed by atoms with Gasteiger partial charge in [0.15, 0.2) is 0 Å². The summed E-state index contributed by atoms with van der Waals surface area (Å²) in [6.45, 7) is 2.04. The van der Waals surface area contributed by atoms with Crippen molar-refractivity contribution in [2.45, 2.75) is 13.0 Å². The van der Waals surface area contributed by atoms with E-state index in [4.69, 9.17) is 5.73 Å². The summed E-state index contributed by atoms with van der Waals surface area (Å²) < 4.78 is 1.98. The van der Waals surface area contributed by atoms with Gasteiger partial charge < -0.3 is 15.7 Å². The molecule has 1 aromatic carbocycles. The number of aryl methyl sites for hydroxylation is 1. The van der Waals surface area contributed by atoms with Crippen LogP contribution in [0.5, 0.6) is 0 Å². The molecule has 3 aromatic rings. The minimum Gasteiger partial charge on any atom is -0.320 e. The second-order valence-corrected chi connectivity index (χ2v) is 7.84. The Kier molecular flexibility index (Phi) is 3.62. The van der Waals surface area contributed by atoms with E-state index in [9.17, 15) is 4.79 Å². The summed E-state index contributed by atoms with van der Waals surface area (Å²) in [6, 6.07) is 5.63. The monoisotopic (exact) mass is 415 g/mol. The number of imidazole rings is 1. The van der Waals surface area contributed by atoms with Crippen LogP contribution in [0.15, 0.2) is 31.3 Å². The minimum atomic E-state index is -0.234. The van der Waals surface area contributed by atoms with Crippen LogP contribution >= 0.6 is 43.2 Å². The first-order valence-electron chi connectivity index (χ1n) is 5.88. The van der Waals surface area contributed by atoms with Crippen LogP contribution in [0.1, 0.15) is 22.0 Å². The van der Waals surface area contributed by atoms with Gasteiger partial charge in [0.25, 0.3) is 0 Å². The van der Waals surface area contributed by atoms with E-state index in [0.717, 1.165) is 29.7 Å². The molecule has 4 N–H and O–H groups in total. The Morgan fingerprint density at radius 1 is 1.20 bits per heavy atom. The van der Waals surface area contributed by atoms with Crippen LogP contribution in [0.2, 0.25) is 0 Å². The Hall–Kier alpha value is -0.890. The first kappa shape index (κ1) is 14.1. The standard InChI is InChI=1S/C13H11Br2N3OS/c1-5-2-10(20-12(5)15)11(16)6-3-8-9(4-7(6)14)18-13(19)17-8/h2-4,11H,16H2,1H3,(H2,17,18,19). The Morgan fingerprint density at radius 3 is 2.45 bits per heavy atom. The molecule has 4 nitrogen and oxygen atoms in total. The van der Waals surface area contributed by atoms with Gasteiger partial charge in [0, 0.05) is 9.35 Å². The summed E-state index contributed by atoms with van der Waals surface area (Å²) in [5.74, 6) is 0. The highest BCUT2D eigenvalue weighted by Crippen LogP contribution is 2.36. The van der Waals surface area contributed by atoms with Gasteiger partial charge in [-0.2, -0.15) is 0 Å². The van der Waals surface area contributed by atoms with Crippen LogP contribution in [0.4, 0.5) is 0 Å². The molecule has 2 heterocycles. The van der Waals surface area contributed by atoms with Crippen molar-refractivity contribution in [2.75, 3.05) is 0 Å². The van der Waals surface area contributed by atoms with Crippen molar-refractivity contribution in [1.82, 2.24) is 9.97 Å². The maximum absolute atomic E-state index is 11.3. The van der Waals surface area contributed by atoms with Crippen molar-refractivity contribution in [1.29, 1.82) is 0 Å². The highest BCUT2D eigenvalue weighted by Gasteiger charge is 2.17. The van der Waals surface area contributed by atoms with E-state index in [2.05, 4.69) is 47.9 Å². The van der Waals surface area contributed by atoms with Crippen molar-refractivity contribution in [2.24, 2.45) is 5.73 Å². The minimum absolute atomic E-state index is 0.215. The highest BCUT2D eigenvalue weighted by atomic mass is 79.9. The number of fused-ring (bicyclic) bond motifs is 1. The molecular weight excluding hydrogens is 406 g/mol. The molecule has 0 aliphatic rings. The van der Waals surface area contributed by atoms with Crippen molar-refractivity contribution in [3.63, 3.8) is 0 Å². The maximum Gasteiger partial charge on any atom is 0.323 e. The molecule has 0 aliphatic carbocycles. The van der Waals surface area contributed by atoms with Gasteiger partial charge in [-0.25, -0.2) is 4.79 Å². The van der Waals surface area contributed by atoms with Crippen molar-refractivity contribution in [3.05, 3.63) is 52.9 Å². The van der Waals surface area contributed by atoms with Gasteiger partial charge >= 0.3 is 5.69 Å². The maximum atomic E-state index is 11.3. The Morgan fingerprint density at radius 2 is 1.85 bits per heavy atom. The highest BCUT2D eigenvalue weighted by molar-refractivity contribution is 9.11. The topological polar surface area (TPSA) is 74.7 Å². The van der Waals surface area contributed by atoms with E-state index in [0.29, 0.717) is 0 Å². The Bertz CT molecular complexity index is 830. The number of nitrogens with two attached hydrogens (primary N) is 1. The number of nitrogens with one attached hydrogen (secondary N) is 2. The zero-order chi connectivity index (χ0) is 14.4. The Balaban J connectivity index is 2.12. The van der Waals surface area contributed by atoms with Gasteiger partial charge in [0.1, 0.15) is 0 Å². The molecule has 0 saturated carbocycles. The summed E-state index contributed by atoms with van der Waals surface area (Å²) in [6.07, 6.45) is 0. The molecule has 2 aromatic heterocycles. The van der Waals surface area contributed by atoms with Crippen molar-refractivity contribution < 1.29 is 0 Å². The number of hydrogen-bond acceptors (Lipinski definition) is 3. The fourth-order valence-corrected chi connectivity index (χ4v) is 4.28. The molecular formula is C13H11Br2N3OS. The number of rotatable bonds is 2. The average Bonchev–Trinajstić information content (AvgIpc) is 2.90. The second kappa shape index (κ2) is 5.14. The normalized spacial score (nSPS) is 13.0. The molecule has 3 rings (SSSR count). The third kappa shape index (κ3) is 2.39. The fourth-order valence-electron chi connectivity index (χ4n) is 2.10. The van der Waals surface area contributed by atoms with Crippen LogP contribution in [0.3, 0.4) is 0 Å². The molecule has 104 valence electrons. The van der Waals surface area contributed by atoms with Gasteiger partial charge in [0.05, 0.1) is 20.9 Å². The lowest BCUT2D eigenvalue weighted by Gasteiger charge is -2.12. The van der Waals surface area contributed by atoms with E-state index in [1.165, 1.54) is 5.56 Å². The first-order chi connectivity index (χ1) is 9.45. The number of aromatic nitrogens is 2. The lowest BCUT2D eigenvalue weighted by molar-refractivity contribution is 0.888. The molecule has 1 unspecified atom stereocenters. The number of halogens is 2. The van der Waals surface area contributed by atoms with Gasteiger partial charge in [-0.3, -0.25) is 0 Å². The fraction of sp³-hybridized carbons (Fsp3) is 0.154. The number of aromatic amines is 2. The second-order valence-electron chi connectivity index (χ2n) is 4.58. The molecule has 1 atom stereocenters. The number of hydrogen-bond donors (Lipinski definition) is 3. The smallest absolute Gasteiger partial charge is 0.320 e. The molecule has 0 fully saturated rings. The Labute approximate surface area is 135 Å². The summed E-state index contributed by atoms with van der Waals surface area (Å²) in [5, 5.41) is 0. The predicted octanol–water partition coefficient (Wildman–Crippen LogP) is 3.80. The summed E-state index contributed by atoms with van der Waals surface area (Å²) in [7, 11) is 0. The number of benzene rings is 1. The van der Waals surface area contributed by atoms with Gasteiger partial charge in [-0.05, 0) is 52.2 Å². The SMILES string of the molecule is Cc1cc(C(N)c2cc3[nH]c(=O)[nH]c3cc2Br)sc1Br. The predicted molar refractivity (Wildman–Crippen MR) is 89.4 cm³/mol. The molecule has 7 heteroatoms. The summed E-state index contributed by atoms with van der Waals surface area (Å²) in [4.78, 5) is 17.9. The molecule has 0 aliphatic heterocycles. The molecule has 20 heavy (non-hydrogen) atoms. The van der Waals surface area contributed by atoms with E-state index < -0.39 is 0 Å². The molecule has 0 bridgehead atoms. The molecule has 0 amide bonds. The average molecular weight is 417 g/mol. The third-order valence-electron chi connectivity index (χ3n) is 3.15. The van der Waals surface area contributed by atoms with Crippen molar-refractivity contribution in [3.8, 4) is 0 Å². The van der Waals surface area contributed by atoms with Crippen LogP contribution < -0.4 is 11.4 Å². The summed E-state index contributed by atoms with van der Waals surface area (Å²) >= 11 is 8.67. The number of H-pyrrole nitrogens is 2.